The van der Waals surface area contributed by atoms with Gasteiger partial charge in [0.25, 0.3) is 0 Å². The minimum absolute atomic E-state index is 0.176. The Morgan fingerprint density at radius 1 is 1.04 bits per heavy atom. The van der Waals surface area contributed by atoms with Crippen LogP contribution in [-0.2, 0) is 18.3 Å². The van der Waals surface area contributed by atoms with Gasteiger partial charge in [0.2, 0.25) is 6.29 Å². The molecule has 2 rings (SSSR count). The number of carbonyl (C=O) groups is 1. The Labute approximate surface area is 135 Å². The van der Waals surface area contributed by atoms with E-state index in [1.807, 2.05) is 6.07 Å². The molecule has 6 heteroatoms. The molecule has 2 aromatic carbocycles. The van der Waals surface area contributed by atoms with Gasteiger partial charge in [0.15, 0.2) is 0 Å². The maximum absolute atomic E-state index is 12.4. The Hall–Kier alpha value is -1.94. The third-order valence-electron chi connectivity index (χ3n) is 3.22. The number of benzene rings is 2. The first-order chi connectivity index (χ1) is 11.1. The lowest BCUT2D eigenvalue weighted by molar-refractivity contribution is -0.0561. The second-order valence-corrected chi connectivity index (χ2v) is 7.16. The molecule has 2 unspecified atom stereocenters. The first kappa shape index (κ1) is 17.4. The molecule has 2 atom stereocenters. The molecule has 0 saturated heterocycles. The zero-order chi connectivity index (χ0) is 16.7. The standard InChI is InChI=1S/C17H19O5P/c1-3-23(19,20-2)22-17(15-12-8-5-9-13-15)21-16(18)14-10-6-4-7-11-14/h4-13,17H,3H2,1-2H3. The lowest BCUT2D eigenvalue weighted by Crippen LogP contribution is -2.14. The molecule has 0 bridgehead atoms. The van der Waals surface area contributed by atoms with Gasteiger partial charge in [-0.25, -0.2) is 4.79 Å². The van der Waals surface area contributed by atoms with Crippen molar-refractivity contribution in [3.05, 3.63) is 71.8 Å². The molecular formula is C17H19O5P. The topological polar surface area (TPSA) is 61.8 Å². The monoisotopic (exact) mass is 334 g/mol. The zero-order valence-corrected chi connectivity index (χ0v) is 13.9. The van der Waals surface area contributed by atoms with Gasteiger partial charge in [-0.05, 0) is 12.1 Å². The van der Waals surface area contributed by atoms with Crippen LogP contribution < -0.4 is 0 Å². The minimum atomic E-state index is -3.33. The lowest BCUT2D eigenvalue weighted by Gasteiger charge is -2.23. The lowest BCUT2D eigenvalue weighted by atomic mass is 10.2. The maximum Gasteiger partial charge on any atom is 0.340 e. The SMILES string of the molecule is CCP(=O)(OC)OC(OC(=O)c1ccccc1)c1ccccc1. The van der Waals surface area contributed by atoms with Crippen LogP contribution in [0.1, 0.15) is 29.1 Å². The Morgan fingerprint density at radius 3 is 2.13 bits per heavy atom. The molecule has 0 radical (unpaired) electrons. The van der Waals surface area contributed by atoms with E-state index in [0.717, 1.165) is 0 Å². The van der Waals surface area contributed by atoms with Crippen LogP contribution in [-0.4, -0.2) is 19.2 Å². The summed E-state index contributed by atoms with van der Waals surface area (Å²) in [5.41, 5.74) is 0.975. The second-order valence-electron chi connectivity index (χ2n) is 4.73. The summed E-state index contributed by atoms with van der Waals surface area (Å²) in [6, 6.07) is 17.4. The van der Waals surface area contributed by atoms with Gasteiger partial charge >= 0.3 is 13.6 Å². The molecular weight excluding hydrogens is 315 g/mol. The van der Waals surface area contributed by atoms with E-state index in [0.29, 0.717) is 11.1 Å². The highest BCUT2D eigenvalue weighted by Crippen LogP contribution is 2.51. The third-order valence-corrected chi connectivity index (χ3v) is 5.06. The molecule has 0 aliphatic carbocycles. The molecule has 0 aromatic heterocycles. The number of rotatable bonds is 7. The molecule has 0 aliphatic heterocycles. The van der Waals surface area contributed by atoms with Gasteiger partial charge in [-0.3, -0.25) is 9.09 Å². The molecule has 0 N–H and O–H groups in total. The summed E-state index contributed by atoms with van der Waals surface area (Å²) in [6.45, 7) is 1.69. The summed E-state index contributed by atoms with van der Waals surface area (Å²) in [6.07, 6.45) is -0.926. The fourth-order valence-corrected chi connectivity index (χ4v) is 2.84. The summed E-state index contributed by atoms with van der Waals surface area (Å²) in [7, 11) is -2.02. The number of esters is 1. The van der Waals surface area contributed by atoms with Crippen LogP contribution in [0.15, 0.2) is 60.7 Å². The van der Waals surface area contributed by atoms with Crippen molar-refractivity contribution >= 4 is 13.6 Å². The van der Waals surface area contributed by atoms with Crippen LogP contribution in [0.25, 0.3) is 0 Å². The van der Waals surface area contributed by atoms with Crippen molar-refractivity contribution in [2.75, 3.05) is 13.3 Å². The predicted octanol–water partition coefficient (Wildman–Crippen LogP) is 4.42. The van der Waals surface area contributed by atoms with Crippen LogP contribution in [0.2, 0.25) is 0 Å². The average Bonchev–Trinajstić information content (AvgIpc) is 2.62. The Morgan fingerprint density at radius 2 is 1.61 bits per heavy atom. The van der Waals surface area contributed by atoms with Crippen molar-refractivity contribution < 1.29 is 23.1 Å². The molecule has 0 amide bonds. The van der Waals surface area contributed by atoms with Crippen molar-refractivity contribution in [3.8, 4) is 0 Å². The number of ether oxygens (including phenoxy) is 1. The smallest absolute Gasteiger partial charge is 0.340 e. The normalized spacial score (nSPS) is 14.7. The minimum Gasteiger partial charge on any atom is -0.427 e. The number of hydrogen-bond donors (Lipinski definition) is 0. The van der Waals surface area contributed by atoms with Crippen LogP contribution in [0.3, 0.4) is 0 Å². The van der Waals surface area contributed by atoms with Crippen molar-refractivity contribution in [3.63, 3.8) is 0 Å². The molecule has 5 nitrogen and oxygen atoms in total. The number of hydrogen-bond acceptors (Lipinski definition) is 5. The van der Waals surface area contributed by atoms with E-state index in [1.54, 1.807) is 61.5 Å². The highest BCUT2D eigenvalue weighted by molar-refractivity contribution is 7.53. The molecule has 0 spiro atoms. The molecule has 2 aromatic rings. The van der Waals surface area contributed by atoms with Gasteiger partial charge in [0.05, 0.1) is 5.56 Å². The number of carbonyl (C=O) groups excluding carboxylic acids is 1. The molecule has 0 heterocycles. The van der Waals surface area contributed by atoms with Crippen molar-refractivity contribution in [2.24, 2.45) is 0 Å². The summed E-state index contributed by atoms with van der Waals surface area (Å²) in [4.78, 5) is 12.3. The first-order valence-corrected chi connectivity index (χ1v) is 8.95. The van der Waals surface area contributed by atoms with Crippen LogP contribution >= 0.6 is 7.60 Å². The van der Waals surface area contributed by atoms with E-state index >= 15 is 0 Å². The second kappa shape index (κ2) is 8.06. The van der Waals surface area contributed by atoms with E-state index in [4.69, 9.17) is 13.8 Å². The van der Waals surface area contributed by atoms with Gasteiger partial charge in [-0.1, -0.05) is 55.5 Å². The highest BCUT2D eigenvalue weighted by atomic mass is 31.2. The predicted molar refractivity (Wildman–Crippen MR) is 87.3 cm³/mol. The maximum atomic E-state index is 12.4. The molecule has 0 aliphatic rings. The summed E-state index contributed by atoms with van der Waals surface area (Å²) >= 11 is 0. The fraction of sp³-hybridized carbons (Fsp3) is 0.235. The fourth-order valence-electron chi connectivity index (χ4n) is 1.89. The average molecular weight is 334 g/mol. The van der Waals surface area contributed by atoms with Crippen LogP contribution in [0, 0.1) is 0 Å². The molecule has 0 fully saturated rings. The van der Waals surface area contributed by atoms with Gasteiger partial charge in [0, 0.05) is 18.8 Å². The van der Waals surface area contributed by atoms with E-state index in [1.165, 1.54) is 7.11 Å². The Balaban J connectivity index is 2.24. The molecule has 122 valence electrons. The summed E-state index contributed by atoms with van der Waals surface area (Å²) in [5, 5.41) is 0. The van der Waals surface area contributed by atoms with E-state index < -0.39 is 19.9 Å². The van der Waals surface area contributed by atoms with Crippen LogP contribution in [0.4, 0.5) is 0 Å². The first-order valence-electron chi connectivity index (χ1n) is 7.22. The van der Waals surface area contributed by atoms with Crippen molar-refractivity contribution in [1.82, 2.24) is 0 Å². The molecule has 0 saturated carbocycles. The Kier molecular flexibility index (Phi) is 6.11. The summed E-state index contributed by atoms with van der Waals surface area (Å²) in [5.74, 6) is -0.557. The Bertz CT molecular complexity index is 664. The zero-order valence-electron chi connectivity index (χ0n) is 13.0. The van der Waals surface area contributed by atoms with Crippen molar-refractivity contribution in [2.45, 2.75) is 13.2 Å². The summed E-state index contributed by atoms with van der Waals surface area (Å²) < 4.78 is 28.3. The van der Waals surface area contributed by atoms with E-state index in [-0.39, 0.29) is 6.16 Å². The quantitative estimate of drug-likeness (QED) is 0.426. The van der Waals surface area contributed by atoms with E-state index in [9.17, 15) is 9.36 Å². The van der Waals surface area contributed by atoms with Crippen molar-refractivity contribution in [1.29, 1.82) is 0 Å². The van der Waals surface area contributed by atoms with Gasteiger partial charge in [-0.15, -0.1) is 0 Å². The van der Waals surface area contributed by atoms with E-state index in [2.05, 4.69) is 0 Å². The molecule has 23 heavy (non-hydrogen) atoms. The third kappa shape index (κ3) is 4.76. The van der Waals surface area contributed by atoms with Crippen LogP contribution in [0.5, 0.6) is 0 Å². The highest BCUT2D eigenvalue weighted by Gasteiger charge is 2.29. The largest absolute Gasteiger partial charge is 0.427 e. The van der Waals surface area contributed by atoms with Gasteiger partial charge in [0.1, 0.15) is 0 Å². The van der Waals surface area contributed by atoms with Gasteiger partial charge < -0.3 is 9.26 Å². The van der Waals surface area contributed by atoms with Gasteiger partial charge in [-0.2, -0.15) is 0 Å².